The Balaban J connectivity index is 2.18. The Hall–Kier alpha value is -1.26. The van der Waals surface area contributed by atoms with Crippen LogP contribution in [0.5, 0.6) is 0 Å². The van der Waals surface area contributed by atoms with Crippen molar-refractivity contribution >= 4 is 11.3 Å². The van der Waals surface area contributed by atoms with Gasteiger partial charge in [-0.25, -0.2) is 9.37 Å². The maximum atomic E-state index is 13.1. The van der Waals surface area contributed by atoms with E-state index in [0.717, 1.165) is 22.7 Å². The summed E-state index contributed by atoms with van der Waals surface area (Å²) >= 11 is 1.60. The lowest BCUT2D eigenvalue weighted by Gasteiger charge is -2.03. The number of thiazole rings is 1. The summed E-state index contributed by atoms with van der Waals surface area (Å²) in [5.74, 6) is 0.203. The van der Waals surface area contributed by atoms with Crippen LogP contribution in [0.1, 0.15) is 11.9 Å². The Morgan fingerprint density at radius 3 is 3.00 bits per heavy atom. The van der Waals surface area contributed by atoms with Gasteiger partial charge in [0.15, 0.2) is 0 Å². The fourth-order valence-corrected chi connectivity index (χ4v) is 2.53. The van der Waals surface area contributed by atoms with Gasteiger partial charge in [0.05, 0.1) is 10.7 Å². The third kappa shape index (κ3) is 3.11. The first-order chi connectivity index (χ1) is 8.19. The van der Waals surface area contributed by atoms with Crippen LogP contribution in [0, 0.1) is 11.7 Å². The number of nitrogens with zero attached hydrogens (tertiary/aromatic N) is 1. The third-order valence-electron chi connectivity index (χ3n) is 2.60. The normalized spacial score (nSPS) is 12.6. The van der Waals surface area contributed by atoms with E-state index in [1.807, 2.05) is 11.4 Å². The van der Waals surface area contributed by atoms with Crippen LogP contribution >= 0.6 is 11.3 Å². The van der Waals surface area contributed by atoms with Crippen molar-refractivity contribution in [3.05, 3.63) is 40.5 Å². The molecule has 90 valence electrons. The van der Waals surface area contributed by atoms with E-state index in [9.17, 15) is 4.39 Å². The SMILES string of the molecule is CC(CN)Cc1nc(-c2cccc(F)c2)cs1. The molecule has 0 saturated carbocycles. The summed E-state index contributed by atoms with van der Waals surface area (Å²) in [6, 6.07) is 6.51. The Morgan fingerprint density at radius 1 is 1.47 bits per heavy atom. The topological polar surface area (TPSA) is 38.9 Å². The highest BCUT2D eigenvalue weighted by atomic mass is 32.1. The Kier molecular flexibility index (Phi) is 3.86. The summed E-state index contributed by atoms with van der Waals surface area (Å²) in [7, 11) is 0. The van der Waals surface area contributed by atoms with Crippen LogP contribution in [0.2, 0.25) is 0 Å². The number of halogens is 1. The molecule has 2 nitrogen and oxygen atoms in total. The van der Waals surface area contributed by atoms with Crippen LogP contribution in [-0.4, -0.2) is 11.5 Å². The maximum absolute atomic E-state index is 13.1. The second-order valence-electron chi connectivity index (χ2n) is 4.18. The van der Waals surface area contributed by atoms with Gasteiger partial charge >= 0.3 is 0 Å². The molecule has 0 aliphatic carbocycles. The second-order valence-corrected chi connectivity index (χ2v) is 5.12. The summed E-state index contributed by atoms with van der Waals surface area (Å²) in [6.45, 7) is 2.76. The first kappa shape index (κ1) is 12.2. The van der Waals surface area contributed by atoms with Crippen LogP contribution in [0.4, 0.5) is 4.39 Å². The molecule has 4 heteroatoms. The molecule has 0 radical (unpaired) electrons. The number of hydrogen-bond acceptors (Lipinski definition) is 3. The summed E-state index contributed by atoms with van der Waals surface area (Å²) in [4.78, 5) is 4.51. The predicted molar refractivity (Wildman–Crippen MR) is 69.4 cm³/mol. The van der Waals surface area contributed by atoms with E-state index in [1.54, 1.807) is 17.4 Å². The van der Waals surface area contributed by atoms with Crippen molar-refractivity contribution in [2.75, 3.05) is 6.54 Å². The van der Waals surface area contributed by atoms with E-state index in [1.165, 1.54) is 12.1 Å². The fraction of sp³-hybridized carbons (Fsp3) is 0.308. The van der Waals surface area contributed by atoms with Crippen LogP contribution < -0.4 is 5.73 Å². The van der Waals surface area contributed by atoms with Crippen molar-refractivity contribution in [2.24, 2.45) is 11.7 Å². The molecule has 2 N–H and O–H groups in total. The van der Waals surface area contributed by atoms with E-state index in [2.05, 4.69) is 11.9 Å². The molecule has 0 bridgehead atoms. The van der Waals surface area contributed by atoms with Gasteiger partial charge in [-0.2, -0.15) is 0 Å². The number of aromatic nitrogens is 1. The minimum Gasteiger partial charge on any atom is -0.330 e. The van der Waals surface area contributed by atoms with E-state index >= 15 is 0 Å². The van der Waals surface area contributed by atoms with Crippen molar-refractivity contribution in [3.63, 3.8) is 0 Å². The molecule has 1 aromatic carbocycles. The third-order valence-corrected chi connectivity index (χ3v) is 3.47. The van der Waals surface area contributed by atoms with Gasteiger partial charge < -0.3 is 5.73 Å². The molecule has 0 fully saturated rings. The first-order valence-corrected chi connectivity index (χ1v) is 6.47. The molecule has 17 heavy (non-hydrogen) atoms. The molecular weight excluding hydrogens is 235 g/mol. The van der Waals surface area contributed by atoms with Crippen LogP contribution in [-0.2, 0) is 6.42 Å². The molecule has 2 aromatic rings. The zero-order valence-electron chi connectivity index (χ0n) is 9.69. The number of hydrogen-bond donors (Lipinski definition) is 1. The summed E-state index contributed by atoms with van der Waals surface area (Å²) in [5.41, 5.74) is 7.25. The minimum absolute atomic E-state index is 0.229. The Labute approximate surface area is 104 Å². The molecule has 0 aliphatic heterocycles. The van der Waals surface area contributed by atoms with Crippen molar-refractivity contribution in [3.8, 4) is 11.3 Å². The standard InChI is InChI=1S/C13H15FN2S/c1-9(7-15)5-13-16-12(8-17-13)10-3-2-4-11(14)6-10/h2-4,6,8-9H,5,7,15H2,1H3. The molecule has 1 heterocycles. The molecule has 1 atom stereocenters. The summed E-state index contributed by atoms with van der Waals surface area (Å²) in [5, 5.41) is 3.02. The van der Waals surface area contributed by atoms with Gasteiger partial charge in [-0.15, -0.1) is 11.3 Å². The Morgan fingerprint density at radius 2 is 2.29 bits per heavy atom. The minimum atomic E-state index is -0.229. The lowest BCUT2D eigenvalue weighted by Crippen LogP contribution is -2.12. The van der Waals surface area contributed by atoms with Gasteiger partial charge in [0.25, 0.3) is 0 Å². The van der Waals surface area contributed by atoms with Crippen molar-refractivity contribution in [1.82, 2.24) is 4.98 Å². The lowest BCUT2D eigenvalue weighted by molar-refractivity contribution is 0.591. The molecule has 0 saturated heterocycles. The van der Waals surface area contributed by atoms with E-state index in [0.29, 0.717) is 12.5 Å². The quantitative estimate of drug-likeness (QED) is 0.905. The molecule has 0 spiro atoms. The van der Waals surface area contributed by atoms with Gasteiger partial charge in [0.2, 0.25) is 0 Å². The number of rotatable bonds is 4. The average Bonchev–Trinajstić information content (AvgIpc) is 2.77. The van der Waals surface area contributed by atoms with E-state index in [-0.39, 0.29) is 5.82 Å². The van der Waals surface area contributed by atoms with E-state index < -0.39 is 0 Å². The predicted octanol–water partition coefficient (Wildman–Crippen LogP) is 3.09. The monoisotopic (exact) mass is 250 g/mol. The zero-order chi connectivity index (χ0) is 12.3. The van der Waals surface area contributed by atoms with Crippen LogP contribution in [0.25, 0.3) is 11.3 Å². The largest absolute Gasteiger partial charge is 0.330 e. The first-order valence-electron chi connectivity index (χ1n) is 5.59. The van der Waals surface area contributed by atoms with Crippen LogP contribution in [0.3, 0.4) is 0 Å². The van der Waals surface area contributed by atoms with Crippen LogP contribution in [0.15, 0.2) is 29.6 Å². The Bertz CT molecular complexity index is 496. The molecule has 0 aliphatic rings. The molecule has 2 rings (SSSR count). The fourth-order valence-electron chi connectivity index (χ4n) is 1.57. The highest BCUT2D eigenvalue weighted by molar-refractivity contribution is 7.09. The van der Waals surface area contributed by atoms with E-state index in [4.69, 9.17) is 5.73 Å². The highest BCUT2D eigenvalue weighted by Crippen LogP contribution is 2.23. The van der Waals surface area contributed by atoms with Gasteiger partial charge in [0.1, 0.15) is 5.82 Å². The number of benzene rings is 1. The maximum Gasteiger partial charge on any atom is 0.123 e. The summed E-state index contributed by atoms with van der Waals surface area (Å²) in [6.07, 6.45) is 0.885. The molecular formula is C13H15FN2S. The lowest BCUT2D eigenvalue weighted by atomic mass is 10.1. The van der Waals surface area contributed by atoms with Crippen molar-refractivity contribution in [1.29, 1.82) is 0 Å². The number of nitrogens with two attached hydrogens (primary N) is 1. The zero-order valence-corrected chi connectivity index (χ0v) is 10.5. The summed E-state index contributed by atoms with van der Waals surface area (Å²) < 4.78 is 13.1. The van der Waals surface area contributed by atoms with Gasteiger partial charge in [0, 0.05) is 17.4 Å². The molecule has 1 aromatic heterocycles. The van der Waals surface area contributed by atoms with Gasteiger partial charge in [-0.1, -0.05) is 19.1 Å². The second kappa shape index (κ2) is 5.38. The smallest absolute Gasteiger partial charge is 0.123 e. The average molecular weight is 250 g/mol. The van der Waals surface area contributed by atoms with Crippen molar-refractivity contribution < 1.29 is 4.39 Å². The highest BCUT2D eigenvalue weighted by Gasteiger charge is 2.08. The van der Waals surface area contributed by atoms with Crippen molar-refractivity contribution in [2.45, 2.75) is 13.3 Å². The van der Waals surface area contributed by atoms with Gasteiger partial charge in [-0.3, -0.25) is 0 Å². The van der Waals surface area contributed by atoms with Gasteiger partial charge in [-0.05, 0) is 24.6 Å². The molecule has 0 amide bonds. The molecule has 1 unspecified atom stereocenters.